The summed E-state index contributed by atoms with van der Waals surface area (Å²) in [5.74, 6) is 1.55. The zero-order chi connectivity index (χ0) is 19.0. The highest BCUT2D eigenvalue weighted by atomic mass is 15.1. The van der Waals surface area contributed by atoms with Gasteiger partial charge in [0.25, 0.3) is 0 Å². The van der Waals surface area contributed by atoms with Crippen LogP contribution < -0.4 is 4.90 Å². The zero-order valence-corrected chi connectivity index (χ0v) is 16.9. The Kier molecular flexibility index (Phi) is 4.67. The first-order chi connectivity index (χ1) is 12.9. The van der Waals surface area contributed by atoms with Crippen LogP contribution in [-0.2, 0) is 5.41 Å². The van der Waals surface area contributed by atoms with Crippen LogP contribution in [-0.4, -0.2) is 18.8 Å². The Labute approximate surface area is 163 Å². The van der Waals surface area contributed by atoms with Crippen molar-refractivity contribution in [1.82, 2.24) is 0 Å². The van der Waals surface area contributed by atoms with Crippen LogP contribution in [0.2, 0.25) is 0 Å². The lowest BCUT2D eigenvalue weighted by atomic mass is 9.81. The third-order valence-corrected chi connectivity index (χ3v) is 6.02. The Morgan fingerprint density at radius 1 is 0.926 bits per heavy atom. The van der Waals surface area contributed by atoms with Crippen molar-refractivity contribution in [2.45, 2.75) is 39.5 Å². The van der Waals surface area contributed by atoms with Crippen molar-refractivity contribution in [1.29, 1.82) is 0 Å². The van der Waals surface area contributed by atoms with Gasteiger partial charge in [0.2, 0.25) is 0 Å². The smallest absolute Gasteiger partial charge is 0.0674 e. The van der Waals surface area contributed by atoms with E-state index in [0.29, 0.717) is 0 Å². The molecular formula is C25H30N2. The third-order valence-electron chi connectivity index (χ3n) is 6.02. The van der Waals surface area contributed by atoms with Gasteiger partial charge in [0.15, 0.2) is 0 Å². The van der Waals surface area contributed by atoms with Gasteiger partial charge in [-0.25, -0.2) is 0 Å². The molecule has 2 aromatic rings. The summed E-state index contributed by atoms with van der Waals surface area (Å²) in [6.45, 7) is 11.6. The fraction of sp³-hybridized carbons (Fsp3) is 0.400. The van der Waals surface area contributed by atoms with Crippen LogP contribution in [0.1, 0.15) is 45.2 Å². The first-order valence-electron chi connectivity index (χ1n) is 10.2. The van der Waals surface area contributed by atoms with Crippen molar-refractivity contribution in [2.24, 2.45) is 16.8 Å². The molecule has 2 heteroatoms. The number of piperidine rings is 1. The number of nitrogens with zero attached hydrogens (tertiary/aromatic N) is 2. The lowest BCUT2D eigenvalue weighted by Gasteiger charge is -2.36. The van der Waals surface area contributed by atoms with Crippen molar-refractivity contribution >= 4 is 23.2 Å². The van der Waals surface area contributed by atoms with Crippen molar-refractivity contribution in [3.63, 3.8) is 0 Å². The maximum absolute atomic E-state index is 4.85. The minimum atomic E-state index is -0.0346. The maximum atomic E-state index is 4.85. The van der Waals surface area contributed by atoms with Crippen LogP contribution in [0.3, 0.4) is 0 Å². The first kappa shape index (κ1) is 18.0. The average Bonchev–Trinajstić information content (AvgIpc) is 2.90. The first-order valence-corrected chi connectivity index (χ1v) is 10.2. The molecule has 1 saturated heterocycles. The van der Waals surface area contributed by atoms with Gasteiger partial charge in [-0.05, 0) is 53.7 Å². The van der Waals surface area contributed by atoms with Gasteiger partial charge in [0.05, 0.1) is 11.4 Å². The molecule has 4 rings (SSSR count). The molecule has 2 nitrogen and oxygen atoms in total. The van der Waals surface area contributed by atoms with E-state index in [4.69, 9.17) is 4.99 Å². The van der Waals surface area contributed by atoms with Crippen LogP contribution in [0.25, 0.3) is 6.08 Å². The Bertz CT molecular complexity index is 863. The van der Waals surface area contributed by atoms with Crippen molar-refractivity contribution < 1.29 is 0 Å². The lowest BCUT2D eigenvalue weighted by Crippen LogP contribution is -2.38. The molecule has 140 valence electrons. The summed E-state index contributed by atoms with van der Waals surface area (Å²) in [5.41, 5.74) is 6.08. The molecule has 2 aromatic carbocycles. The predicted octanol–water partition coefficient (Wildman–Crippen LogP) is 6.25. The van der Waals surface area contributed by atoms with E-state index in [2.05, 4.69) is 93.3 Å². The molecule has 27 heavy (non-hydrogen) atoms. The number of aliphatic imine (C=N–C) groups is 1. The maximum Gasteiger partial charge on any atom is 0.0674 e. The second-order valence-electron chi connectivity index (χ2n) is 8.92. The zero-order valence-electron chi connectivity index (χ0n) is 16.9. The lowest BCUT2D eigenvalue weighted by molar-refractivity contribution is 0.357. The summed E-state index contributed by atoms with van der Waals surface area (Å²) < 4.78 is 0. The molecule has 0 saturated carbocycles. The molecule has 2 aliphatic heterocycles. The van der Waals surface area contributed by atoms with Crippen LogP contribution in [0.4, 0.5) is 11.4 Å². The fourth-order valence-corrected chi connectivity index (χ4v) is 4.60. The van der Waals surface area contributed by atoms with Gasteiger partial charge in [-0.1, -0.05) is 64.1 Å². The minimum absolute atomic E-state index is 0.0346. The molecule has 1 fully saturated rings. The highest BCUT2D eigenvalue weighted by Crippen LogP contribution is 2.40. The number of fused-ring (bicyclic) bond motifs is 1. The van der Waals surface area contributed by atoms with E-state index in [0.717, 1.165) is 23.2 Å². The number of rotatable bonds is 3. The minimum Gasteiger partial charge on any atom is -0.371 e. The second kappa shape index (κ2) is 6.99. The third kappa shape index (κ3) is 3.58. The molecule has 0 aromatic heterocycles. The fourth-order valence-electron chi connectivity index (χ4n) is 4.60. The topological polar surface area (TPSA) is 15.6 Å². The van der Waals surface area contributed by atoms with Crippen molar-refractivity contribution in [3.8, 4) is 0 Å². The number of allylic oxidation sites excluding steroid dienone is 1. The average molecular weight is 359 g/mol. The molecule has 2 unspecified atom stereocenters. The molecule has 0 radical (unpaired) electrons. The largest absolute Gasteiger partial charge is 0.371 e. The molecule has 2 atom stereocenters. The molecule has 2 aliphatic rings. The molecular weight excluding hydrogens is 328 g/mol. The summed E-state index contributed by atoms with van der Waals surface area (Å²) >= 11 is 0. The molecule has 0 N–H and O–H groups in total. The Hall–Kier alpha value is -2.35. The second-order valence-corrected chi connectivity index (χ2v) is 8.92. The predicted molar refractivity (Wildman–Crippen MR) is 117 cm³/mol. The van der Waals surface area contributed by atoms with Gasteiger partial charge < -0.3 is 4.90 Å². The van der Waals surface area contributed by atoms with Gasteiger partial charge in [-0.3, -0.25) is 4.99 Å². The van der Waals surface area contributed by atoms with Crippen LogP contribution in [0.5, 0.6) is 0 Å². The van der Waals surface area contributed by atoms with Crippen LogP contribution in [0, 0.1) is 11.8 Å². The van der Waals surface area contributed by atoms with E-state index in [1.807, 2.05) is 0 Å². The van der Waals surface area contributed by atoms with Crippen LogP contribution >= 0.6 is 0 Å². The highest BCUT2D eigenvalue weighted by Gasteiger charge is 2.32. The Morgan fingerprint density at radius 2 is 1.59 bits per heavy atom. The highest BCUT2D eigenvalue weighted by molar-refractivity contribution is 6.10. The van der Waals surface area contributed by atoms with Gasteiger partial charge in [0, 0.05) is 24.2 Å². The van der Waals surface area contributed by atoms with E-state index < -0.39 is 0 Å². The summed E-state index contributed by atoms with van der Waals surface area (Å²) in [6.07, 6.45) is 5.72. The van der Waals surface area contributed by atoms with Crippen molar-refractivity contribution in [2.75, 3.05) is 18.0 Å². The van der Waals surface area contributed by atoms with E-state index >= 15 is 0 Å². The van der Waals surface area contributed by atoms with Crippen LogP contribution in [0.15, 0.2) is 59.6 Å². The molecule has 0 aliphatic carbocycles. The Balaban J connectivity index is 1.49. The standard InChI is InChI=1S/C25H30N2/c1-18-15-19(2)17-27(16-18)21-12-9-20(10-13-21)11-14-24-25(3,4)22-7-5-6-8-23(22)26-24/h5-14,18-19H,15-17H2,1-4H3/b14-11+. The monoisotopic (exact) mass is 358 g/mol. The summed E-state index contributed by atoms with van der Waals surface area (Å²) in [4.78, 5) is 7.38. The number of para-hydroxylation sites is 1. The number of hydrogen-bond acceptors (Lipinski definition) is 2. The molecule has 0 amide bonds. The SMILES string of the molecule is CC1CC(C)CN(c2ccc(/C=C/C3=Nc4ccccc4C3(C)C)cc2)C1. The van der Waals surface area contributed by atoms with E-state index in [-0.39, 0.29) is 5.41 Å². The molecule has 0 bridgehead atoms. The van der Waals surface area contributed by atoms with Gasteiger partial charge >= 0.3 is 0 Å². The quantitative estimate of drug-likeness (QED) is 0.633. The van der Waals surface area contributed by atoms with Gasteiger partial charge in [-0.2, -0.15) is 0 Å². The van der Waals surface area contributed by atoms with E-state index in [1.165, 1.54) is 36.3 Å². The van der Waals surface area contributed by atoms with Gasteiger partial charge in [-0.15, -0.1) is 0 Å². The summed E-state index contributed by atoms with van der Waals surface area (Å²) in [6, 6.07) is 17.4. The normalized spacial score (nSPS) is 24.1. The van der Waals surface area contributed by atoms with E-state index in [1.54, 1.807) is 0 Å². The van der Waals surface area contributed by atoms with Crippen molar-refractivity contribution in [3.05, 3.63) is 65.7 Å². The Morgan fingerprint density at radius 3 is 2.26 bits per heavy atom. The number of benzene rings is 2. The summed E-state index contributed by atoms with van der Waals surface area (Å²) in [5, 5.41) is 0. The summed E-state index contributed by atoms with van der Waals surface area (Å²) in [7, 11) is 0. The van der Waals surface area contributed by atoms with E-state index in [9.17, 15) is 0 Å². The number of hydrogen-bond donors (Lipinski definition) is 0. The molecule has 0 spiro atoms. The number of anilines is 1. The molecule has 2 heterocycles. The van der Waals surface area contributed by atoms with Gasteiger partial charge in [0.1, 0.15) is 0 Å².